The third-order valence-electron chi connectivity index (χ3n) is 6.15. The largest absolute Gasteiger partial charge is 0.461 e. The molecule has 0 aliphatic carbocycles. The Morgan fingerprint density at radius 2 is 1.89 bits per heavy atom. The lowest BCUT2D eigenvalue weighted by atomic mass is 10.2. The van der Waals surface area contributed by atoms with E-state index in [-0.39, 0.29) is 11.9 Å². The van der Waals surface area contributed by atoms with Gasteiger partial charge in [0.15, 0.2) is 16.7 Å². The number of thioether (sulfide) groups is 1. The second-order valence-corrected chi connectivity index (χ2v) is 9.17. The third kappa shape index (κ3) is 5.01. The van der Waals surface area contributed by atoms with Gasteiger partial charge in [-0.05, 0) is 26.0 Å². The Balaban J connectivity index is 1.14. The van der Waals surface area contributed by atoms with Crippen molar-refractivity contribution in [3.8, 4) is 23.0 Å². The number of hydrogen-bond acceptors (Lipinski definition) is 9. The van der Waals surface area contributed by atoms with Gasteiger partial charge in [0.1, 0.15) is 0 Å². The Hall–Kier alpha value is -3.44. The highest BCUT2D eigenvalue weighted by atomic mass is 32.2. The fourth-order valence-electron chi connectivity index (χ4n) is 4.11. The SMILES string of the molecule is CCn1c(SCC(=O)N2CCN(C(C)c3nc(-c4ccccc4)no3)CC2)nnc1-c1ccco1. The molecule has 1 aliphatic heterocycles. The zero-order valence-electron chi connectivity index (χ0n) is 19.7. The number of nitrogens with zero attached hydrogens (tertiary/aromatic N) is 7. The van der Waals surface area contributed by atoms with E-state index in [1.165, 1.54) is 11.8 Å². The smallest absolute Gasteiger partial charge is 0.244 e. The molecule has 0 saturated carbocycles. The van der Waals surface area contributed by atoms with Crippen molar-refractivity contribution in [2.24, 2.45) is 0 Å². The molecular weight excluding hydrogens is 466 g/mol. The molecule has 1 aromatic carbocycles. The van der Waals surface area contributed by atoms with Gasteiger partial charge in [0, 0.05) is 38.3 Å². The second-order valence-electron chi connectivity index (χ2n) is 8.23. The molecule has 0 spiro atoms. The number of aromatic nitrogens is 5. The van der Waals surface area contributed by atoms with Gasteiger partial charge >= 0.3 is 0 Å². The van der Waals surface area contributed by atoms with Crippen LogP contribution in [-0.4, -0.2) is 72.5 Å². The molecule has 0 N–H and O–H groups in total. The minimum absolute atomic E-state index is 0.0188. The quantitative estimate of drug-likeness (QED) is 0.340. The van der Waals surface area contributed by atoms with Crippen molar-refractivity contribution < 1.29 is 13.7 Å². The van der Waals surface area contributed by atoms with Gasteiger partial charge in [-0.2, -0.15) is 4.98 Å². The second kappa shape index (κ2) is 10.4. The minimum atomic E-state index is -0.0188. The number of carbonyl (C=O) groups is 1. The topological polar surface area (TPSA) is 106 Å². The van der Waals surface area contributed by atoms with Crippen LogP contribution in [0.4, 0.5) is 0 Å². The van der Waals surface area contributed by atoms with Crippen molar-refractivity contribution in [3.63, 3.8) is 0 Å². The highest BCUT2D eigenvalue weighted by Crippen LogP contribution is 2.26. The summed E-state index contributed by atoms with van der Waals surface area (Å²) in [6, 6.07) is 13.4. The summed E-state index contributed by atoms with van der Waals surface area (Å²) < 4.78 is 13.0. The molecule has 1 aliphatic rings. The van der Waals surface area contributed by atoms with Crippen molar-refractivity contribution in [2.45, 2.75) is 31.6 Å². The first-order chi connectivity index (χ1) is 17.1. The van der Waals surface area contributed by atoms with E-state index >= 15 is 0 Å². The zero-order chi connectivity index (χ0) is 24.2. The number of carbonyl (C=O) groups excluding carboxylic acids is 1. The average molecular weight is 494 g/mol. The lowest BCUT2D eigenvalue weighted by Gasteiger charge is -2.36. The molecule has 4 aromatic rings. The summed E-state index contributed by atoms with van der Waals surface area (Å²) in [6.45, 7) is 7.57. The monoisotopic (exact) mass is 493 g/mol. The van der Waals surface area contributed by atoms with Crippen LogP contribution >= 0.6 is 11.8 Å². The van der Waals surface area contributed by atoms with Crippen LogP contribution < -0.4 is 0 Å². The number of hydrogen-bond donors (Lipinski definition) is 0. The van der Waals surface area contributed by atoms with Gasteiger partial charge in [-0.15, -0.1) is 10.2 Å². The van der Waals surface area contributed by atoms with E-state index in [9.17, 15) is 4.79 Å². The number of piperazine rings is 1. The van der Waals surface area contributed by atoms with E-state index < -0.39 is 0 Å². The van der Waals surface area contributed by atoms with Crippen LogP contribution in [0, 0.1) is 0 Å². The molecule has 1 amide bonds. The summed E-state index contributed by atoms with van der Waals surface area (Å²) in [5, 5.41) is 13.4. The number of benzene rings is 1. The van der Waals surface area contributed by atoms with Crippen molar-refractivity contribution >= 4 is 17.7 Å². The van der Waals surface area contributed by atoms with Crippen LogP contribution in [0.3, 0.4) is 0 Å². The fourth-order valence-corrected chi connectivity index (χ4v) is 5.02. The normalized spacial score (nSPS) is 15.4. The van der Waals surface area contributed by atoms with Crippen molar-refractivity contribution in [1.82, 2.24) is 34.7 Å². The molecule has 3 aromatic heterocycles. The summed E-state index contributed by atoms with van der Waals surface area (Å²) in [5.74, 6) is 2.93. The molecule has 5 rings (SSSR count). The van der Waals surface area contributed by atoms with Crippen LogP contribution in [0.25, 0.3) is 23.0 Å². The maximum absolute atomic E-state index is 12.9. The number of furan rings is 1. The summed E-state index contributed by atoms with van der Waals surface area (Å²) in [7, 11) is 0. The first kappa shape index (κ1) is 23.3. The summed E-state index contributed by atoms with van der Waals surface area (Å²) in [6.07, 6.45) is 1.61. The summed E-state index contributed by atoms with van der Waals surface area (Å²) in [5.41, 5.74) is 0.929. The van der Waals surface area contributed by atoms with Crippen molar-refractivity contribution in [1.29, 1.82) is 0 Å². The average Bonchev–Trinajstić information content (AvgIpc) is 3.68. The molecule has 4 heterocycles. The molecule has 10 nitrogen and oxygen atoms in total. The molecular formula is C24H27N7O3S. The predicted molar refractivity (Wildman–Crippen MR) is 130 cm³/mol. The maximum Gasteiger partial charge on any atom is 0.244 e. The van der Waals surface area contributed by atoms with E-state index in [0.29, 0.717) is 53.8 Å². The van der Waals surface area contributed by atoms with Crippen LogP contribution in [0.15, 0.2) is 62.8 Å². The molecule has 1 fully saturated rings. The molecule has 0 bridgehead atoms. The van der Waals surface area contributed by atoms with Gasteiger partial charge < -0.3 is 13.8 Å². The highest BCUT2D eigenvalue weighted by molar-refractivity contribution is 7.99. The van der Waals surface area contributed by atoms with E-state index in [1.807, 2.05) is 58.9 Å². The maximum atomic E-state index is 12.9. The van der Waals surface area contributed by atoms with Gasteiger partial charge in [-0.1, -0.05) is 47.3 Å². The summed E-state index contributed by atoms with van der Waals surface area (Å²) >= 11 is 1.41. The van der Waals surface area contributed by atoms with Crippen LogP contribution in [-0.2, 0) is 11.3 Å². The van der Waals surface area contributed by atoms with Gasteiger partial charge in [0.05, 0.1) is 18.1 Å². The molecule has 11 heteroatoms. The highest BCUT2D eigenvalue weighted by Gasteiger charge is 2.28. The first-order valence-electron chi connectivity index (χ1n) is 11.6. The van der Waals surface area contributed by atoms with E-state index in [1.54, 1.807) is 6.26 Å². The fraction of sp³-hybridized carbons (Fsp3) is 0.375. The van der Waals surface area contributed by atoms with E-state index in [0.717, 1.165) is 18.7 Å². The van der Waals surface area contributed by atoms with Crippen LogP contribution in [0.1, 0.15) is 25.8 Å². The lowest BCUT2D eigenvalue weighted by Crippen LogP contribution is -2.49. The van der Waals surface area contributed by atoms with Gasteiger partial charge in [0.25, 0.3) is 0 Å². The number of rotatable bonds is 8. The van der Waals surface area contributed by atoms with Crippen molar-refractivity contribution in [3.05, 3.63) is 54.6 Å². The molecule has 182 valence electrons. The zero-order valence-corrected chi connectivity index (χ0v) is 20.5. The Labute approximate surface area is 207 Å². The predicted octanol–water partition coefficient (Wildman–Crippen LogP) is 3.61. The van der Waals surface area contributed by atoms with E-state index in [2.05, 4.69) is 32.2 Å². The van der Waals surface area contributed by atoms with Gasteiger partial charge in [-0.25, -0.2) is 0 Å². The van der Waals surface area contributed by atoms with E-state index in [4.69, 9.17) is 8.94 Å². The minimum Gasteiger partial charge on any atom is -0.461 e. The van der Waals surface area contributed by atoms with Gasteiger partial charge in [0.2, 0.25) is 17.6 Å². The Morgan fingerprint density at radius 3 is 2.60 bits per heavy atom. The Morgan fingerprint density at radius 1 is 1.09 bits per heavy atom. The van der Waals surface area contributed by atoms with Crippen molar-refractivity contribution in [2.75, 3.05) is 31.9 Å². The lowest BCUT2D eigenvalue weighted by molar-refractivity contribution is -0.130. The van der Waals surface area contributed by atoms with Gasteiger partial charge in [-0.3, -0.25) is 14.3 Å². The molecule has 1 atom stereocenters. The van der Waals surface area contributed by atoms with Crippen LogP contribution in [0.2, 0.25) is 0 Å². The Kier molecular flexibility index (Phi) is 6.96. The molecule has 35 heavy (non-hydrogen) atoms. The summed E-state index contributed by atoms with van der Waals surface area (Å²) in [4.78, 5) is 21.6. The third-order valence-corrected chi connectivity index (χ3v) is 7.10. The molecule has 1 saturated heterocycles. The number of amides is 1. The Bertz CT molecular complexity index is 1250. The first-order valence-corrected chi connectivity index (χ1v) is 12.6. The van der Waals surface area contributed by atoms with Crippen LogP contribution in [0.5, 0.6) is 0 Å². The molecule has 1 unspecified atom stereocenters. The molecule has 0 radical (unpaired) electrons. The standard InChI is InChI=1S/C24H27N7O3S/c1-3-31-22(19-10-7-15-33-19)26-27-24(31)35-16-20(32)30-13-11-29(12-14-30)17(2)23-25-21(28-34-23)18-8-5-4-6-9-18/h4-10,15,17H,3,11-14,16H2,1-2H3.